The number of carbonyl (C=O) groups excluding carboxylic acids is 1. The molecule has 23 heavy (non-hydrogen) atoms. The standard InChI is InChI=1S/C19H20N2O2/c1-13-4-3-5-15(10-13)8-9-20-19(22)12-17-16-11-14(2)6-7-18(16)23-21-17/h3-7,10-11H,8-9,12H2,1-2H3,(H,20,22). The van der Waals surface area contributed by atoms with Gasteiger partial charge in [-0.3, -0.25) is 4.79 Å². The molecule has 4 heteroatoms. The first kappa shape index (κ1) is 15.3. The molecule has 0 aliphatic rings. The smallest absolute Gasteiger partial charge is 0.226 e. The van der Waals surface area contributed by atoms with Crippen molar-refractivity contribution in [3.05, 3.63) is 64.8 Å². The van der Waals surface area contributed by atoms with Gasteiger partial charge < -0.3 is 9.84 Å². The van der Waals surface area contributed by atoms with Crippen molar-refractivity contribution in [3.63, 3.8) is 0 Å². The highest BCUT2D eigenvalue weighted by Crippen LogP contribution is 2.20. The van der Waals surface area contributed by atoms with Crippen LogP contribution in [-0.2, 0) is 17.6 Å². The lowest BCUT2D eigenvalue weighted by atomic mass is 10.1. The molecule has 0 unspecified atom stereocenters. The van der Waals surface area contributed by atoms with E-state index in [-0.39, 0.29) is 12.3 Å². The zero-order valence-corrected chi connectivity index (χ0v) is 13.4. The highest BCUT2D eigenvalue weighted by atomic mass is 16.5. The minimum absolute atomic E-state index is 0.0330. The number of hydrogen-bond donors (Lipinski definition) is 1. The molecule has 0 saturated carbocycles. The number of fused-ring (bicyclic) bond motifs is 1. The predicted octanol–water partition coefficient (Wildman–Crippen LogP) is 3.35. The third kappa shape index (κ3) is 3.77. The lowest BCUT2D eigenvalue weighted by Crippen LogP contribution is -2.27. The van der Waals surface area contributed by atoms with E-state index in [1.807, 2.05) is 31.2 Å². The van der Waals surface area contributed by atoms with Crippen molar-refractivity contribution < 1.29 is 9.32 Å². The van der Waals surface area contributed by atoms with Crippen molar-refractivity contribution in [2.45, 2.75) is 26.7 Å². The Morgan fingerprint density at radius 3 is 2.78 bits per heavy atom. The number of benzene rings is 2. The summed E-state index contributed by atoms with van der Waals surface area (Å²) in [5, 5.41) is 7.88. The number of carbonyl (C=O) groups is 1. The number of hydrogen-bond acceptors (Lipinski definition) is 3. The van der Waals surface area contributed by atoms with Crippen LogP contribution in [0, 0.1) is 13.8 Å². The Morgan fingerprint density at radius 1 is 1.13 bits per heavy atom. The molecule has 118 valence electrons. The lowest BCUT2D eigenvalue weighted by Gasteiger charge is -2.05. The van der Waals surface area contributed by atoms with Gasteiger partial charge >= 0.3 is 0 Å². The number of nitrogens with zero attached hydrogens (tertiary/aromatic N) is 1. The molecule has 0 radical (unpaired) electrons. The summed E-state index contributed by atoms with van der Waals surface area (Å²) in [7, 11) is 0. The van der Waals surface area contributed by atoms with Gasteiger partial charge in [0.2, 0.25) is 5.91 Å². The first-order valence-corrected chi connectivity index (χ1v) is 7.79. The Balaban J connectivity index is 1.57. The number of amides is 1. The molecule has 0 spiro atoms. The average Bonchev–Trinajstić information content (AvgIpc) is 2.90. The van der Waals surface area contributed by atoms with E-state index in [1.165, 1.54) is 11.1 Å². The van der Waals surface area contributed by atoms with E-state index in [9.17, 15) is 4.79 Å². The first-order valence-electron chi connectivity index (χ1n) is 7.79. The highest BCUT2D eigenvalue weighted by molar-refractivity contribution is 5.86. The first-order chi connectivity index (χ1) is 11.1. The second kappa shape index (κ2) is 6.65. The number of aryl methyl sites for hydroxylation is 2. The quantitative estimate of drug-likeness (QED) is 0.786. The van der Waals surface area contributed by atoms with Gasteiger partial charge in [0.15, 0.2) is 5.58 Å². The SMILES string of the molecule is Cc1cccc(CCNC(=O)Cc2noc3ccc(C)cc23)c1. The summed E-state index contributed by atoms with van der Waals surface area (Å²) in [5.74, 6) is -0.0330. The van der Waals surface area contributed by atoms with Gasteiger partial charge in [-0.2, -0.15) is 0 Å². The van der Waals surface area contributed by atoms with E-state index in [2.05, 4.69) is 35.6 Å². The summed E-state index contributed by atoms with van der Waals surface area (Å²) in [5.41, 5.74) is 5.00. The molecular formula is C19H20N2O2. The van der Waals surface area contributed by atoms with Gasteiger partial charge in [0.25, 0.3) is 0 Å². The largest absolute Gasteiger partial charge is 0.356 e. The van der Waals surface area contributed by atoms with Gasteiger partial charge in [-0.05, 0) is 38.0 Å². The maximum Gasteiger partial charge on any atom is 0.226 e. The minimum atomic E-state index is -0.0330. The van der Waals surface area contributed by atoms with E-state index in [0.29, 0.717) is 12.2 Å². The van der Waals surface area contributed by atoms with Gasteiger partial charge in [-0.15, -0.1) is 0 Å². The Morgan fingerprint density at radius 2 is 1.96 bits per heavy atom. The van der Waals surface area contributed by atoms with Crippen molar-refractivity contribution in [1.82, 2.24) is 10.5 Å². The second-order valence-corrected chi connectivity index (χ2v) is 5.89. The summed E-state index contributed by atoms with van der Waals surface area (Å²) in [4.78, 5) is 12.1. The molecule has 1 aromatic heterocycles. The van der Waals surface area contributed by atoms with Gasteiger partial charge in [-0.25, -0.2) is 0 Å². The fourth-order valence-corrected chi connectivity index (χ4v) is 2.66. The van der Waals surface area contributed by atoms with Crippen LogP contribution in [0.2, 0.25) is 0 Å². The Bertz CT molecular complexity index is 836. The zero-order valence-electron chi connectivity index (χ0n) is 13.4. The lowest BCUT2D eigenvalue weighted by molar-refractivity contribution is -0.120. The van der Waals surface area contributed by atoms with Crippen LogP contribution in [0.15, 0.2) is 47.0 Å². The van der Waals surface area contributed by atoms with Crippen molar-refractivity contribution >= 4 is 16.9 Å². The van der Waals surface area contributed by atoms with Crippen LogP contribution < -0.4 is 5.32 Å². The molecule has 3 aromatic rings. The second-order valence-electron chi connectivity index (χ2n) is 5.89. The van der Waals surface area contributed by atoms with E-state index >= 15 is 0 Å². The summed E-state index contributed by atoms with van der Waals surface area (Å²) in [6.45, 7) is 4.70. The molecule has 0 aliphatic heterocycles. The summed E-state index contributed by atoms with van der Waals surface area (Å²) >= 11 is 0. The molecule has 0 bridgehead atoms. The minimum Gasteiger partial charge on any atom is -0.356 e. The van der Waals surface area contributed by atoms with Crippen molar-refractivity contribution in [3.8, 4) is 0 Å². The average molecular weight is 308 g/mol. The van der Waals surface area contributed by atoms with E-state index in [4.69, 9.17) is 4.52 Å². The highest BCUT2D eigenvalue weighted by Gasteiger charge is 2.12. The maximum absolute atomic E-state index is 12.1. The van der Waals surface area contributed by atoms with E-state index < -0.39 is 0 Å². The van der Waals surface area contributed by atoms with Gasteiger partial charge in [0.05, 0.1) is 6.42 Å². The molecule has 1 heterocycles. The molecule has 0 saturated heterocycles. The van der Waals surface area contributed by atoms with Gasteiger partial charge in [-0.1, -0.05) is 46.6 Å². The van der Waals surface area contributed by atoms with Crippen LogP contribution >= 0.6 is 0 Å². The topological polar surface area (TPSA) is 55.1 Å². The molecular weight excluding hydrogens is 288 g/mol. The third-order valence-electron chi connectivity index (χ3n) is 3.85. The fourth-order valence-electron chi connectivity index (χ4n) is 2.66. The maximum atomic E-state index is 12.1. The molecule has 2 aromatic carbocycles. The number of aromatic nitrogens is 1. The summed E-state index contributed by atoms with van der Waals surface area (Å²) in [6.07, 6.45) is 1.07. The zero-order chi connectivity index (χ0) is 16.2. The molecule has 0 aliphatic carbocycles. The molecule has 4 nitrogen and oxygen atoms in total. The predicted molar refractivity (Wildman–Crippen MR) is 90.3 cm³/mol. The Hall–Kier alpha value is -2.62. The summed E-state index contributed by atoms with van der Waals surface area (Å²) < 4.78 is 5.26. The summed E-state index contributed by atoms with van der Waals surface area (Å²) in [6, 6.07) is 14.2. The van der Waals surface area contributed by atoms with Crippen LogP contribution in [-0.4, -0.2) is 17.6 Å². The van der Waals surface area contributed by atoms with Crippen LogP contribution in [0.25, 0.3) is 11.0 Å². The molecule has 3 rings (SSSR count). The molecule has 1 amide bonds. The Kier molecular flexibility index (Phi) is 4.42. The monoisotopic (exact) mass is 308 g/mol. The van der Waals surface area contributed by atoms with E-state index in [0.717, 1.165) is 23.0 Å². The van der Waals surface area contributed by atoms with Crippen LogP contribution in [0.4, 0.5) is 0 Å². The molecule has 0 atom stereocenters. The normalized spacial score (nSPS) is 10.9. The Labute approximate surface area is 135 Å². The van der Waals surface area contributed by atoms with Gasteiger partial charge in [0.1, 0.15) is 5.69 Å². The van der Waals surface area contributed by atoms with E-state index in [1.54, 1.807) is 0 Å². The van der Waals surface area contributed by atoms with Crippen molar-refractivity contribution in [2.24, 2.45) is 0 Å². The van der Waals surface area contributed by atoms with Crippen molar-refractivity contribution in [2.75, 3.05) is 6.54 Å². The van der Waals surface area contributed by atoms with Crippen LogP contribution in [0.5, 0.6) is 0 Å². The van der Waals surface area contributed by atoms with Crippen LogP contribution in [0.1, 0.15) is 22.4 Å². The molecule has 1 N–H and O–H groups in total. The third-order valence-corrected chi connectivity index (χ3v) is 3.85. The van der Waals surface area contributed by atoms with Crippen LogP contribution in [0.3, 0.4) is 0 Å². The number of nitrogens with one attached hydrogen (secondary N) is 1. The molecule has 0 fully saturated rings. The number of rotatable bonds is 5. The van der Waals surface area contributed by atoms with Gasteiger partial charge in [0, 0.05) is 11.9 Å². The van der Waals surface area contributed by atoms with Crippen molar-refractivity contribution in [1.29, 1.82) is 0 Å². The fraction of sp³-hybridized carbons (Fsp3) is 0.263.